The number of hydrogen-bond acceptors (Lipinski definition) is 2. The van der Waals surface area contributed by atoms with Crippen molar-refractivity contribution in [1.29, 1.82) is 0 Å². The lowest BCUT2D eigenvalue weighted by Crippen LogP contribution is -2.06. The summed E-state index contributed by atoms with van der Waals surface area (Å²) >= 11 is 12.7. The van der Waals surface area contributed by atoms with Crippen molar-refractivity contribution >= 4 is 54.9 Å². The maximum absolute atomic E-state index is 12.5. The number of carbonyl (C=O) groups is 1. The summed E-state index contributed by atoms with van der Waals surface area (Å²) in [5.74, 6) is -0.137. The lowest BCUT2D eigenvalue weighted by atomic mass is 10.0. The SMILES string of the molecule is Cc1cc(Br)c(C(=O)c2ccc(Cl)cc2N)cc1Br. The van der Waals surface area contributed by atoms with Gasteiger partial charge in [-0.25, -0.2) is 0 Å². The van der Waals surface area contributed by atoms with E-state index >= 15 is 0 Å². The molecule has 98 valence electrons. The Kier molecular flexibility index (Phi) is 4.33. The van der Waals surface area contributed by atoms with Gasteiger partial charge in [0.05, 0.1) is 0 Å². The minimum Gasteiger partial charge on any atom is -0.398 e. The van der Waals surface area contributed by atoms with Gasteiger partial charge in [0.25, 0.3) is 0 Å². The molecule has 0 radical (unpaired) electrons. The highest BCUT2D eigenvalue weighted by Crippen LogP contribution is 2.29. The second kappa shape index (κ2) is 5.65. The molecule has 0 saturated carbocycles. The van der Waals surface area contributed by atoms with Crippen LogP contribution in [-0.2, 0) is 0 Å². The number of halogens is 3. The summed E-state index contributed by atoms with van der Waals surface area (Å²) in [6, 6.07) is 8.55. The molecule has 0 amide bonds. The summed E-state index contributed by atoms with van der Waals surface area (Å²) in [5.41, 5.74) is 8.28. The van der Waals surface area contributed by atoms with E-state index in [2.05, 4.69) is 31.9 Å². The van der Waals surface area contributed by atoms with Gasteiger partial charge < -0.3 is 5.73 Å². The van der Waals surface area contributed by atoms with E-state index in [4.69, 9.17) is 17.3 Å². The average molecular weight is 404 g/mol. The van der Waals surface area contributed by atoms with Crippen molar-refractivity contribution in [3.05, 3.63) is 61.0 Å². The fourth-order valence-electron chi connectivity index (χ4n) is 1.71. The molecule has 0 bridgehead atoms. The number of nitrogen functional groups attached to an aromatic ring is 1. The number of hydrogen-bond donors (Lipinski definition) is 1. The average Bonchev–Trinajstić information content (AvgIpc) is 2.33. The van der Waals surface area contributed by atoms with Crippen LogP contribution in [0.15, 0.2) is 39.3 Å². The Balaban J connectivity index is 2.53. The molecule has 2 aromatic rings. The van der Waals surface area contributed by atoms with Crippen molar-refractivity contribution in [2.75, 3.05) is 5.73 Å². The molecule has 0 aromatic heterocycles. The first kappa shape index (κ1) is 14.6. The van der Waals surface area contributed by atoms with Crippen molar-refractivity contribution < 1.29 is 4.79 Å². The first-order chi connectivity index (χ1) is 8.90. The number of nitrogens with two attached hydrogens (primary N) is 1. The number of aryl methyl sites for hydroxylation is 1. The molecule has 0 aliphatic heterocycles. The van der Waals surface area contributed by atoms with Gasteiger partial charge in [-0.15, -0.1) is 0 Å². The van der Waals surface area contributed by atoms with Gasteiger partial charge in [0, 0.05) is 30.8 Å². The molecule has 2 N–H and O–H groups in total. The van der Waals surface area contributed by atoms with Crippen LogP contribution in [0.1, 0.15) is 21.5 Å². The summed E-state index contributed by atoms with van der Waals surface area (Å²) in [7, 11) is 0. The molecule has 0 aliphatic rings. The van der Waals surface area contributed by atoms with Crippen molar-refractivity contribution in [1.82, 2.24) is 0 Å². The topological polar surface area (TPSA) is 43.1 Å². The maximum atomic E-state index is 12.5. The first-order valence-corrected chi connectivity index (χ1v) is 7.42. The summed E-state index contributed by atoms with van der Waals surface area (Å²) < 4.78 is 1.62. The van der Waals surface area contributed by atoms with Crippen LogP contribution in [-0.4, -0.2) is 5.78 Å². The second-order valence-corrected chi connectivity index (χ2v) is 6.29. The summed E-state index contributed by atoms with van der Waals surface area (Å²) in [4.78, 5) is 12.5. The molecule has 0 aliphatic carbocycles. The predicted octanol–water partition coefficient (Wildman–Crippen LogP) is 4.99. The Morgan fingerprint density at radius 1 is 1.11 bits per heavy atom. The van der Waals surface area contributed by atoms with E-state index in [1.165, 1.54) is 0 Å². The number of ketones is 1. The molecule has 19 heavy (non-hydrogen) atoms. The Morgan fingerprint density at radius 2 is 1.79 bits per heavy atom. The zero-order valence-corrected chi connectivity index (χ0v) is 13.9. The van der Waals surface area contributed by atoms with Gasteiger partial charge >= 0.3 is 0 Å². The highest BCUT2D eigenvalue weighted by Gasteiger charge is 2.16. The standard InChI is InChI=1S/C14H10Br2ClNO/c1-7-4-12(16)10(6-11(7)15)14(19)9-3-2-8(17)5-13(9)18/h2-6H,18H2,1H3. The van der Waals surface area contributed by atoms with Crippen LogP contribution < -0.4 is 5.73 Å². The van der Waals surface area contributed by atoms with Gasteiger partial charge in [-0.1, -0.05) is 43.5 Å². The van der Waals surface area contributed by atoms with Crippen LogP contribution in [0.3, 0.4) is 0 Å². The molecule has 0 heterocycles. The van der Waals surface area contributed by atoms with E-state index < -0.39 is 0 Å². The van der Waals surface area contributed by atoms with Gasteiger partial charge in [-0.05, 0) is 42.8 Å². The van der Waals surface area contributed by atoms with Crippen molar-refractivity contribution in [3.8, 4) is 0 Å². The fraction of sp³-hybridized carbons (Fsp3) is 0.0714. The predicted molar refractivity (Wildman–Crippen MR) is 85.9 cm³/mol. The molecule has 0 saturated heterocycles. The molecule has 0 fully saturated rings. The van der Waals surface area contributed by atoms with E-state index in [9.17, 15) is 4.79 Å². The van der Waals surface area contributed by atoms with Crippen LogP contribution in [0.5, 0.6) is 0 Å². The largest absolute Gasteiger partial charge is 0.398 e. The third kappa shape index (κ3) is 3.02. The third-order valence-electron chi connectivity index (χ3n) is 2.75. The monoisotopic (exact) mass is 401 g/mol. The second-order valence-electron chi connectivity index (χ2n) is 4.14. The zero-order chi connectivity index (χ0) is 14.2. The number of rotatable bonds is 2. The molecule has 0 atom stereocenters. The van der Waals surface area contributed by atoms with Crippen molar-refractivity contribution in [2.45, 2.75) is 6.92 Å². The molecule has 0 spiro atoms. The molecule has 2 rings (SSSR count). The van der Waals surface area contributed by atoms with Gasteiger partial charge in [-0.2, -0.15) is 0 Å². The number of carbonyl (C=O) groups excluding carboxylic acids is 1. The highest BCUT2D eigenvalue weighted by atomic mass is 79.9. The Labute approximate surface area is 133 Å². The van der Waals surface area contributed by atoms with E-state index in [-0.39, 0.29) is 5.78 Å². The molecule has 0 unspecified atom stereocenters. The van der Waals surface area contributed by atoms with Crippen LogP contribution in [0, 0.1) is 6.92 Å². The van der Waals surface area contributed by atoms with Crippen LogP contribution in [0.25, 0.3) is 0 Å². The maximum Gasteiger partial charge on any atom is 0.196 e. The first-order valence-electron chi connectivity index (χ1n) is 5.45. The summed E-state index contributed by atoms with van der Waals surface area (Å²) in [5, 5.41) is 0.512. The summed E-state index contributed by atoms with van der Waals surface area (Å²) in [6.07, 6.45) is 0. The van der Waals surface area contributed by atoms with E-state index in [1.54, 1.807) is 24.3 Å². The molecule has 2 aromatic carbocycles. The fourth-order valence-corrected chi connectivity index (χ4v) is 2.87. The minimum atomic E-state index is -0.137. The zero-order valence-electron chi connectivity index (χ0n) is 10.0. The Morgan fingerprint density at radius 3 is 2.42 bits per heavy atom. The van der Waals surface area contributed by atoms with E-state index in [0.717, 1.165) is 14.5 Å². The van der Waals surface area contributed by atoms with E-state index in [1.807, 2.05) is 13.0 Å². The van der Waals surface area contributed by atoms with Crippen LogP contribution in [0.4, 0.5) is 5.69 Å². The number of benzene rings is 2. The third-order valence-corrected chi connectivity index (χ3v) is 4.50. The minimum absolute atomic E-state index is 0.137. The smallest absolute Gasteiger partial charge is 0.196 e. The number of anilines is 1. The molecular weight excluding hydrogens is 393 g/mol. The molecular formula is C14H10Br2ClNO. The molecule has 2 nitrogen and oxygen atoms in total. The quantitative estimate of drug-likeness (QED) is 0.567. The van der Waals surface area contributed by atoms with E-state index in [0.29, 0.717) is 21.8 Å². The van der Waals surface area contributed by atoms with Gasteiger partial charge in [0.15, 0.2) is 5.78 Å². The van der Waals surface area contributed by atoms with Crippen molar-refractivity contribution in [2.24, 2.45) is 0 Å². The summed E-state index contributed by atoms with van der Waals surface area (Å²) in [6.45, 7) is 1.96. The Hall–Kier alpha value is -0.840. The molecule has 5 heteroatoms. The van der Waals surface area contributed by atoms with Crippen molar-refractivity contribution in [3.63, 3.8) is 0 Å². The normalized spacial score (nSPS) is 10.5. The lowest BCUT2D eigenvalue weighted by Gasteiger charge is -2.09. The van der Waals surface area contributed by atoms with Crippen LogP contribution >= 0.6 is 43.5 Å². The van der Waals surface area contributed by atoms with Gasteiger partial charge in [0.2, 0.25) is 0 Å². The van der Waals surface area contributed by atoms with Crippen LogP contribution in [0.2, 0.25) is 5.02 Å². The Bertz CT molecular complexity index is 671. The highest BCUT2D eigenvalue weighted by molar-refractivity contribution is 9.11. The lowest BCUT2D eigenvalue weighted by molar-refractivity contribution is 0.103. The van der Waals surface area contributed by atoms with Gasteiger partial charge in [0.1, 0.15) is 0 Å². The van der Waals surface area contributed by atoms with Gasteiger partial charge in [-0.3, -0.25) is 4.79 Å².